The maximum absolute atomic E-state index is 12.2. The molecule has 0 fully saturated rings. The summed E-state index contributed by atoms with van der Waals surface area (Å²) < 4.78 is 0. The molecule has 0 spiro atoms. The van der Waals surface area contributed by atoms with Crippen molar-refractivity contribution in [3.63, 3.8) is 0 Å². The van der Waals surface area contributed by atoms with Crippen LogP contribution in [0.15, 0.2) is 29.2 Å². The Kier molecular flexibility index (Phi) is 6.73. The topological polar surface area (TPSA) is 29.1 Å². The average molecular weight is 300 g/mol. The van der Waals surface area contributed by atoms with Gasteiger partial charge in [0.05, 0.1) is 5.25 Å². The van der Waals surface area contributed by atoms with Crippen molar-refractivity contribution in [3.05, 3.63) is 29.3 Å². The van der Waals surface area contributed by atoms with Gasteiger partial charge in [-0.25, -0.2) is 0 Å². The van der Waals surface area contributed by atoms with E-state index in [4.69, 9.17) is 11.6 Å². The second kappa shape index (κ2) is 7.81. The molecule has 1 rings (SSSR count). The summed E-state index contributed by atoms with van der Waals surface area (Å²) in [6.45, 7) is 8.30. The molecular formula is C15H22ClNOS. The fraction of sp³-hybridized carbons (Fsp3) is 0.533. The number of carbonyl (C=O) groups excluding carboxylic acids is 1. The molecule has 1 amide bonds. The fourth-order valence-corrected chi connectivity index (χ4v) is 2.57. The van der Waals surface area contributed by atoms with Crippen molar-refractivity contribution >= 4 is 29.3 Å². The monoisotopic (exact) mass is 299 g/mol. The van der Waals surface area contributed by atoms with Crippen molar-refractivity contribution in [2.24, 2.45) is 5.92 Å². The molecule has 0 saturated heterocycles. The average Bonchev–Trinajstić information content (AvgIpc) is 2.37. The molecular weight excluding hydrogens is 278 g/mol. The van der Waals surface area contributed by atoms with Crippen LogP contribution in [0.5, 0.6) is 0 Å². The molecule has 19 heavy (non-hydrogen) atoms. The Morgan fingerprint density at radius 3 is 2.32 bits per heavy atom. The van der Waals surface area contributed by atoms with Gasteiger partial charge in [-0.15, -0.1) is 11.8 Å². The van der Waals surface area contributed by atoms with Gasteiger partial charge in [-0.05, 0) is 43.5 Å². The standard InChI is InChI=1S/C15H22ClNOS/c1-5-14(15(18)17-11(4)10(2)3)19-13-8-6-12(16)7-9-13/h6-11,14H,5H2,1-4H3,(H,17,18)/t11-,14-/m1/s1. The Morgan fingerprint density at radius 2 is 1.84 bits per heavy atom. The molecule has 4 heteroatoms. The minimum Gasteiger partial charge on any atom is -0.352 e. The number of hydrogen-bond acceptors (Lipinski definition) is 2. The van der Waals surface area contributed by atoms with Gasteiger partial charge in [-0.1, -0.05) is 32.4 Å². The third-order valence-corrected chi connectivity index (χ3v) is 4.75. The summed E-state index contributed by atoms with van der Waals surface area (Å²) in [4.78, 5) is 13.3. The number of benzene rings is 1. The second-order valence-electron chi connectivity index (χ2n) is 5.01. The molecule has 1 aromatic carbocycles. The molecule has 0 saturated carbocycles. The van der Waals surface area contributed by atoms with Gasteiger partial charge in [0, 0.05) is 16.0 Å². The number of rotatable bonds is 6. The normalized spacial score (nSPS) is 14.2. The Balaban J connectivity index is 2.62. The predicted octanol–water partition coefficient (Wildman–Crippen LogP) is 4.37. The molecule has 106 valence electrons. The van der Waals surface area contributed by atoms with Crippen LogP contribution >= 0.6 is 23.4 Å². The molecule has 1 aromatic rings. The molecule has 0 heterocycles. The minimum absolute atomic E-state index is 0.0534. The van der Waals surface area contributed by atoms with E-state index in [2.05, 4.69) is 19.2 Å². The second-order valence-corrected chi connectivity index (χ2v) is 6.72. The Morgan fingerprint density at radius 1 is 1.26 bits per heavy atom. The molecule has 0 unspecified atom stereocenters. The quantitative estimate of drug-likeness (QED) is 0.790. The summed E-state index contributed by atoms with van der Waals surface area (Å²) in [5.74, 6) is 0.561. The lowest BCUT2D eigenvalue weighted by molar-refractivity contribution is -0.121. The first-order chi connectivity index (χ1) is 8.93. The van der Waals surface area contributed by atoms with E-state index in [1.165, 1.54) is 0 Å². The minimum atomic E-state index is -0.0534. The third kappa shape index (κ3) is 5.45. The Hall–Kier alpha value is -0.670. The first-order valence-corrected chi connectivity index (χ1v) is 7.92. The van der Waals surface area contributed by atoms with Crippen molar-refractivity contribution in [2.75, 3.05) is 0 Å². The summed E-state index contributed by atoms with van der Waals surface area (Å²) in [5.41, 5.74) is 0. The number of carbonyl (C=O) groups is 1. The van der Waals surface area contributed by atoms with E-state index in [0.29, 0.717) is 5.92 Å². The van der Waals surface area contributed by atoms with E-state index in [1.807, 2.05) is 38.1 Å². The van der Waals surface area contributed by atoms with Gasteiger partial charge < -0.3 is 5.32 Å². The van der Waals surface area contributed by atoms with E-state index >= 15 is 0 Å². The van der Waals surface area contributed by atoms with Crippen LogP contribution in [-0.2, 0) is 4.79 Å². The highest BCUT2D eigenvalue weighted by molar-refractivity contribution is 8.00. The van der Waals surface area contributed by atoms with Crippen LogP contribution in [0.4, 0.5) is 0 Å². The number of halogens is 1. The molecule has 1 N–H and O–H groups in total. The molecule has 0 aliphatic heterocycles. The van der Waals surface area contributed by atoms with Gasteiger partial charge in [0.15, 0.2) is 0 Å². The van der Waals surface area contributed by atoms with Crippen molar-refractivity contribution in [1.29, 1.82) is 0 Å². The first kappa shape index (κ1) is 16.4. The number of hydrogen-bond donors (Lipinski definition) is 1. The van der Waals surface area contributed by atoms with Gasteiger partial charge in [-0.3, -0.25) is 4.79 Å². The molecule has 2 atom stereocenters. The van der Waals surface area contributed by atoms with Gasteiger partial charge in [0.2, 0.25) is 5.91 Å². The highest BCUT2D eigenvalue weighted by Gasteiger charge is 2.20. The zero-order chi connectivity index (χ0) is 14.4. The Labute approximate surface area is 125 Å². The van der Waals surface area contributed by atoms with Gasteiger partial charge in [0.25, 0.3) is 0 Å². The zero-order valence-electron chi connectivity index (χ0n) is 11.9. The molecule has 0 aliphatic rings. The lowest BCUT2D eigenvalue weighted by atomic mass is 10.1. The maximum atomic E-state index is 12.2. The number of thioether (sulfide) groups is 1. The van der Waals surface area contributed by atoms with Crippen LogP contribution < -0.4 is 5.32 Å². The van der Waals surface area contributed by atoms with Gasteiger partial charge >= 0.3 is 0 Å². The third-order valence-electron chi connectivity index (χ3n) is 3.13. The van der Waals surface area contributed by atoms with Crippen LogP contribution in [-0.4, -0.2) is 17.2 Å². The van der Waals surface area contributed by atoms with Crippen LogP contribution in [0.2, 0.25) is 5.02 Å². The van der Waals surface area contributed by atoms with Crippen molar-refractivity contribution in [2.45, 2.75) is 50.3 Å². The van der Waals surface area contributed by atoms with Crippen molar-refractivity contribution < 1.29 is 4.79 Å². The van der Waals surface area contributed by atoms with Gasteiger partial charge in [-0.2, -0.15) is 0 Å². The van der Waals surface area contributed by atoms with Crippen molar-refractivity contribution in [3.8, 4) is 0 Å². The zero-order valence-corrected chi connectivity index (χ0v) is 13.5. The highest BCUT2D eigenvalue weighted by Crippen LogP contribution is 2.27. The van der Waals surface area contributed by atoms with E-state index < -0.39 is 0 Å². The van der Waals surface area contributed by atoms with Crippen LogP contribution in [0.3, 0.4) is 0 Å². The SMILES string of the molecule is CC[C@@H](Sc1ccc(Cl)cc1)C(=O)N[C@H](C)C(C)C. The summed E-state index contributed by atoms with van der Waals surface area (Å²) in [6, 6.07) is 7.81. The fourth-order valence-electron chi connectivity index (χ4n) is 1.48. The van der Waals surface area contributed by atoms with E-state index in [1.54, 1.807) is 11.8 Å². The lowest BCUT2D eigenvalue weighted by Crippen LogP contribution is -2.41. The number of nitrogens with one attached hydrogen (secondary N) is 1. The summed E-state index contributed by atoms with van der Waals surface area (Å²) in [6.07, 6.45) is 0.809. The Bertz CT molecular complexity index is 405. The summed E-state index contributed by atoms with van der Waals surface area (Å²) in [5, 5.41) is 3.74. The predicted molar refractivity (Wildman–Crippen MR) is 83.8 cm³/mol. The smallest absolute Gasteiger partial charge is 0.233 e. The first-order valence-electron chi connectivity index (χ1n) is 6.66. The van der Waals surface area contributed by atoms with Crippen molar-refractivity contribution in [1.82, 2.24) is 5.32 Å². The number of amides is 1. The molecule has 0 bridgehead atoms. The highest BCUT2D eigenvalue weighted by atomic mass is 35.5. The summed E-state index contributed by atoms with van der Waals surface area (Å²) in [7, 11) is 0. The molecule has 0 aliphatic carbocycles. The molecule has 2 nitrogen and oxygen atoms in total. The molecule has 0 aromatic heterocycles. The van der Waals surface area contributed by atoms with E-state index in [0.717, 1.165) is 16.3 Å². The maximum Gasteiger partial charge on any atom is 0.233 e. The van der Waals surface area contributed by atoms with Gasteiger partial charge in [0.1, 0.15) is 0 Å². The molecule has 0 radical (unpaired) electrons. The largest absolute Gasteiger partial charge is 0.352 e. The lowest BCUT2D eigenvalue weighted by Gasteiger charge is -2.21. The van der Waals surface area contributed by atoms with E-state index in [-0.39, 0.29) is 17.2 Å². The van der Waals surface area contributed by atoms with Crippen LogP contribution in [0.1, 0.15) is 34.1 Å². The summed E-state index contributed by atoms with van der Waals surface area (Å²) >= 11 is 7.45. The van der Waals surface area contributed by atoms with E-state index in [9.17, 15) is 4.79 Å². The van der Waals surface area contributed by atoms with Crippen LogP contribution in [0.25, 0.3) is 0 Å². The van der Waals surface area contributed by atoms with Crippen LogP contribution in [0, 0.1) is 5.92 Å².